The van der Waals surface area contributed by atoms with Crippen LogP contribution in [0.2, 0.25) is 0 Å². The summed E-state index contributed by atoms with van der Waals surface area (Å²) in [5, 5.41) is 8.93. The molecule has 0 aromatic heterocycles. The van der Waals surface area contributed by atoms with Crippen LogP contribution >= 0.6 is 0 Å². The van der Waals surface area contributed by atoms with Crippen molar-refractivity contribution in [1.29, 1.82) is 0 Å². The monoisotopic (exact) mass is 284 g/mol. The molecule has 0 saturated heterocycles. The summed E-state index contributed by atoms with van der Waals surface area (Å²) < 4.78 is 11.1. The Kier molecular flexibility index (Phi) is 3.77. The van der Waals surface area contributed by atoms with Crippen LogP contribution < -0.4 is 9.47 Å². The van der Waals surface area contributed by atoms with E-state index in [1.165, 1.54) is 11.1 Å². The van der Waals surface area contributed by atoms with Crippen LogP contribution in [0.25, 0.3) is 0 Å². The van der Waals surface area contributed by atoms with Crippen molar-refractivity contribution in [2.45, 2.75) is 12.8 Å². The molecule has 0 amide bonds. The van der Waals surface area contributed by atoms with E-state index in [4.69, 9.17) is 14.6 Å². The van der Waals surface area contributed by atoms with Gasteiger partial charge in [0.1, 0.15) is 11.5 Å². The van der Waals surface area contributed by atoms with Crippen LogP contribution in [-0.4, -0.2) is 24.3 Å². The first-order chi connectivity index (χ1) is 10.2. The Labute approximate surface area is 122 Å². The number of rotatable bonds is 5. The van der Waals surface area contributed by atoms with Gasteiger partial charge in [0.15, 0.2) is 0 Å². The van der Waals surface area contributed by atoms with Gasteiger partial charge in [-0.2, -0.15) is 0 Å². The molecule has 0 aliphatic carbocycles. The number of carbonyl (C=O) groups is 1. The lowest BCUT2D eigenvalue weighted by molar-refractivity contribution is 0.0696. The van der Waals surface area contributed by atoms with Gasteiger partial charge in [-0.05, 0) is 35.4 Å². The first kappa shape index (κ1) is 13.5. The third kappa shape index (κ3) is 3.16. The number of ether oxygens (including phenoxy) is 2. The fourth-order valence-electron chi connectivity index (χ4n) is 2.40. The van der Waals surface area contributed by atoms with Crippen LogP contribution in [0, 0.1) is 0 Å². The molecular formula is C17H16O4. The molecule has 3 rings (SSSR count). The standard InChI is InChI=1S/C17H16O4/c18-17(19)14-2-1-3-15(11-14)20-8-6-12-4-5-16-13(10-12)7-9-21-16/h1-5,10-11H,6-9H2,(H,18,19). The third-order valence-corrected chi connectivity index (χ3v) is 3.49. The van der Waals surface area contributed by atoms with Gasteiger partial charge in [0, 0.05) is 12.8 Å². The molecule has 0 saturated carbocycles. The van der Waals surface area contributed by atoms with E-state index in [1.807, 2.05) is 12.1 Å². The molecule has 1 aliphatic rings. The molecule has 1 heterocycles. The van der Waals surface area contributed by atoms with Crippen LogP contribution in [0.4, 0.5) is 0 Å². The van der Waals surface area contributed by atoms with Crippen LogP contribution in [0.3, 0.4) is 0 Å². The zero-order valence-electron chi connectivity index (χ0n) is 11.5. The number of fused-ring (bicyclic) bond motifs is 1. The van der Waals surface area contributed by atoms with Gasteiger partial charge in [0.2, 0.25) is 0 Å². The second-order valence-electron chi connectivity index (χ2n) is 4.97. The summed E-state index contributed by atoms with van der Waals surface area (Å²) in [4.78, 5) is 10.9. The Balaban J connectivity index is 1.59. The van der Waals surface area contributed by atoms with Gasteiger partial charge < -0.3 is 14.6 Å². The Morgan fingerprint density at radius 3 is 3.00 bits per heavy atom. The van der Waals surface area contributed by atoms with Crippen molar-refractivity contribution in [1.82, 2.24) is 0 Å². The molecule has 1 N–H and O–H groups in total. The first-order valence-electron chi connectivity index (χ1n) is 6.93. The minimum absolute atomic E-state index is 0.238. The predicted molar refractivity (Wildman–Crippen MR) is 78.2 cm³/mol. The van der Waals surface area contributed by atoms with Crippen LogP contribution in [0.15, 0.2) is 42.5 Å². The van der Waals surface area contributed by atoms with Crippen LogP contribution in [0.1, 0.15) is 21.5 Å². The zero-order valence-corrected chi connectivity index (χ0v) is 11.5. The van der Waals surface area contributed by atoms with E-state index in [0.717, 1.165) is 25.2 Å². The summed E-state index contributed by atoms with van der Waals surface area (Å²) >= 11 is 0. The lowest BCUT2D eigenvalue weighted by Gasteiger charge is -2.08. The third-order valence-electron chi connectivity index (χ3n) is 3.49. The smallest absolute Gasteiger partial charge is 0.335 e. The quantitative estimate of drug-likeness (QED) is 0.917. The highest BCUT2D eigenvalue weighted by Crippen LogP contribution is 2.26. The van der Waals surface area contributed by atoms with Crippen molar-refractivity contribution >= 4 is 5.97 Å². The molecule has 4 nitrogen and oxygen atoms in total. The molecule has 4 heteroatoms. The molecule has 1 aliphatic heterocycles. The van der Waals surface area contributed by atoms with Gasteiger partial charge in [0.25, 0.3) is 0 Å². The largest absolute Gasteiger partial charge is 0.493 e. The molecular weight excluding hydrogens is 268 g/mol. The van der Waals surface area contributed by atoms with E-state index in [-0.39, 0.29) is 5.56 Å². The van der Waals surface area contributed by atoms with Crippen molar-refractivity contribution in [3.63, 3.8) is 0 Å². The highest BCUT2D eigenvalue weighted by atomic mass is 16.5. The normalized spacial score (nSPS) is 12.6. The van der Waals surface area contributed by atoms with E-state index in [2.05, 4.69) is 6.07 Å². The lowest BCUT2D eigenvalue weighted by Crippen LogP contribution is -2.03. The average molecular weight is 284 g/mol. The Morgan fingerprint density at radius 2 is 2.14 bits per heavy atom. The molecule has 0 unspecified atom stereocenters. The van der Waals surface area contributed by atoms with Gasteiger partial charge in [0.05, 0.1) is 18.8 Å². The maximum Gasteiger partial charge on any atom is 0.335 e. The number of carboxylic acids is 1. The summed E-state index contributed by atoms with van der Waals surface area (Å²) in [6.07, 6.45) is 1.75. The van der Waals surface area contributed by atoms with E-state index < -0.39 is 5.97 Å². The maximum atomic E-state index is 10.9. The number of hydrogen-bond acceptors (Lipinski definition) is 3. The number of aromatic carboxylic acids is 1. The Morgan fingerprint density at radius 1 is 1.24 bits per heavy atom. The first-order valence-corrected chi connectivity index (χ1v) is 6.93. The summed E-state index contributed by atoms with van der Waals surface area (Å²) in [5.74, 6) is 0.618. The fraction of sp³-hybridized carbons (Fsp3) is 0.235. The summed E-state index contributed by atoms with van der Waals surface area (Å²) in [5.41, 5.74) is 2.69. The van der Waals surface area contributed by atoms with Crippen molar-refractivity contribution in [3.05, 3.63) is 59.2 Å². The number of hydrogen-bond donors (Lipinski definition) is 1. The van der Waals surface area contributed by atoms with Crippen molar-refractivity contribution < 1.29 is 19.4 Å². The zero-order chi connectivity index (χ0) is 14.7. The fourth-order valence-corrected chi connectivity index (χ4v) is 2.40. The van der Waals surface area contributed by atoms with Crippen molar-refractivity contribution in [2.24, 2.45) is 0 Å². The molecule has 21 heavy (non-hydrogen) atoms. The van der Waals surface area contributed by atoms with Crippen molar-refractivity contribution in [2.75, 3.05) is 13.2 Å². The van der Waals surface area contributed by atoms with E-state index in [0.29, 0.717) is 12.4 Å². The van der Waals surface area contributed by atoms with Crippen molar-refractivity contribution in [3.8, 4) is 11.5 Å². The van der Waals surface area contributed by atoms with Gasteiger partial charge in [-0.25, -0.2) is 4.79 Å². The molecule has 108 valence electrons. The molecule has 0 radical (unpaired) electrons. The van der Waals surface area contributed by atoms with Crippen LogP contribution in [-0.2, 0) is 12.8 Å². The van der Waals surface area contributed by atoms with Gasteiger partial charge in [-0.3, -0.25) is 0 Å². The molecule has 0 fully saturated rings. The highest BCUT2D eigenvalue weighted by molar-refractivity contribution is 5.87. The van der Waals surface area contributed by atoms with Gasteiger partial charge in [-0.1, -0.05) is 18.2 Å². The molecule has 2 aromatic carbocycles. The summed E-state index contributed by atoms with van der Waals surface area (Å²) in [6, 6.07) is 12.7. The van der Waals surface area contributed by atoms with E-state index >= 15 is 0 Å². The molecule has 0 spiro atoms. The predicted octanol–water partition coefficient (Wildman–Crippen LogP) is 2.94. The Bertz CT molecular complexity index is 664. The van der Waals surface area contributed by atoms with Gasteiger partial charge >= 0.3 is 5.97 Å². The minimum atomic E-state index is -0.945. The van der Waals surface area contributed by atoms with E-state index in [1.54, 1.807) is 24.3 Å². The average Bonchev–Trinajstić information content (AvgIpc) is 2.95. The topological polar surface area (TPSA) is 55.8 Å². The summed E-state index contributed by atoms with van der Waals surface area (Å²) in [6.45, 7) is 1.28. The lowest BCUT2D eigenvalue weighted by atomic mass is 10.1. The maximum absolute atomic E-state index is 10.9. The Hall–Kier alpha value is -2.49. The number of benzene rings is 2. The summed E-state index contributed by atoms with van der Waals surface area (Å²) in [7, 11) is 0. The SMILES string of the molecule is O=C(O)c1cccc(OCCc2ccc3c(c2)CCO3)c1. The number of carboxylic acid groups (broad SMARTS) is 1. The molecule has 0 bridgehead atoms. The second-order valence-corrected chi connectivity index (χ2v) is 4.97. The highest BCUT2D eigenvalue weighted by Gasteiger charge is 2.11. The second kappa shape index (κ2) is 5.87. The van der Waals surface area contributed by atoms with E-state index in [9.17, 15) is 4.79 Å². The van der Waals surface area contributed by atoms with Crippen LogP contribution in [0.5, 0.6) is 11.5 Å². The van der Waals surface area contributed by atoms with Gasteiger partial charge in [-0.15, -0.1) is 0 Å². The minimum Gasteiger partial charge on any atom is -0.493 e. The molecule has 0 atom stereocenters. The molecule has 2 aromatic rings.